The molecule has 5 rings (SSSR count). The smallest absolute Gasteiger partial charge is 0.221 e. The summed E-state index contributed by atoms with van der Waals surface area (Å²) in [6, 6.07) is 4.07. The van der Waals surface area contributed by atoms with E-state index in [-0.39, 0.29) is 5.54 Å². The van der Waals surface area contributed by atoms with E-state index in [1.165, 1.54) is 0 Å². The molecule has 0 fully saturated rings. The summed E-state index contributed by atoms with van der Waals surface area (Å²) in [5.41, 5.74) is 5.45. The zero-order valence-corrected chi connectivity index (χ0v) is 21.6. The minimum atomic E-state index is -0.204. The van der Waals surface area contributed by atoms with E-state index in [2.05, 4.69) is 42.0 Å². The lowest BCUT2D eigenvalue weighted by Gasteiger charge is -2.27. The van der Waals surface area contributed by atoms with Crippen LogP contribution >= 0.6 is 0 Å². The van der Waals surface area contributed by atoms with Crippen molar-refractivity contribution in [1.29, 1.82) is 0 Å². The number of nitrogens with one attached hydrogen (secondary N) is 1. The lowest BCUT2D eigenvalue weighted by Crippen LogP contribution is -2.28. The van der Waals surface area contributed by atoms with Crippen LogP contribution in [0.5, 0.6) is 5.88 Å². The largest absolute Gasteiger partial charge is 0.481 e. The van der Waals surface area contributed by atoms with Crippen LogP contribution in [0.25, 0.3) is 33.2 Å². The number of pyridine rings is 1. The lowest BCUT2D eigenvalue weighted by molar-refractivity contribution is 0.357. The van der Waals surface area contributed by atoms with Crippen molar-refractivity contribution in [2.45, 2.75) is 54.0 Å². The molecule has 5 aromatic rings. The van der Waals surface area contributed by atoms with Gasteiger partial charge in [-0.05, 0) is 54.5 Å². The molecule has 1 N–H and O–H groups in total. The van der Waals surface area contributed by atoms with Gasteiger partial charge in [-0.15, -0.1) is 0 Å². The molecular weight excluding hydrogens is 444 g/mol. The summed E-state index contributed by atoms with van der Waals surface area (Å²) in [5.74, 6) is 3.52. The molecule has 10 nitrogen and oxygen atoms in total. The number of hydrogen-bond donors (Lipinski definition) is 1. The number of fused-ring (bicyclic) bond motifs is 3. The summed E-state index contributed by atoms with van der Waals surface area (Å²) in [4.78, 5) is 19.9. The van der Waals surface area contributed by atoms with Crippen LogP contribution in [0, 0.1) is 27.7 Å². The molecule has 0 aliphatic rings. The fourth-order valence-corrected chi connectivity index (χ4v) is 4.55. The molecule has 0 aliphatic heterocycles. The van der Waals surface area contributed by atoms with Gasteiger partial charge in [0.2, 0.25) is 5.88 Å². The van der Waals surface area contributed by atoms with Crippen LogP contribution in [0.2, 0.25) is 0 Å². The first-order valence-corrected chi connectivity index (χ1v) is 11.5. The molecule has 0 unspecified atom stereocenters. The number of aromatic amines is 1. The predicted octanol–water partition coefficient (Wildman–Crippen LogP) is 5.12. The van der Waals surface area contributed by atoms with Gasteiger partial charge in [0, 0.05) is 13.1 Å². The van der Waals surface area contributed by atoms with E-state index >= 15 is 0 Å². The number of aryl methyl sites for hydroxylation is 4. The van der Waals surface area contributed by atoms with E-state index in [0.717, 1.165) is 50.6 Å². The van der Waals surface area contributed by atoms with Crippen molar-refractivity contribution in [2.24, 2.45) is 0 Å². The monoisotopic (exact) mass is 474 g/mol. The van der Waals surface area contributed by atoms with Gasteiger partial charge in [-0.1, -0.05) is 5.16 Å². The molecule has 182 valence electrons. The molecule has 5 aromatic heterocycles. The van der Waals surface area contributed by atoms with Gasteiger partial charge >= 0.3 is 0 Å². The highest BCUT2D eigenvalue weighted by Crippen LogP contribution is 2.40. The second kappa shape index (κ2) is 7.79. The van der Waals surface area contributed by atoms with Crippen LogP contribution < -0.4 is 9.64 Å². The highest BCUT2D eigenvalue weighted by Gasteiger charge is 2.26. The van der Waals surface area contributed by atoms with Crippen LogP contribution in [-0.4, -0.2) is 49.0 Å². The third-order valence-corrected chi connectivity index (χ3v) is 6.08. The molecule has 0 bridgehead atoms. The van der Waals surface area contributed by atoms with E-state index in [9.17, 15) is 0 Å². The second-order valence-corrected chi connectivity index (χ2v) is 9.87. The number of anilines is 2. The maximum atomic E-state index is 5.72. The van der Waals surface area contributed by atoms with Crippen molar-refractivity contribution in [2.75, 3.05) is 19.1 Å². The fraction of sp³-hybridized carbons (Fsp3) is 0.400. The lowest BCUT2D eigenvalue weighted by atomic mass is 10.0. The van der Waals surface area contributed by atoms with Crippen LogP contribution in [0.15, 0.2) is 16.7 Å². The van der Waals surface area contributed by atoms with E-state index in [1.807, 2.05) is 50.4 Å². The third-order valence-electron chi connectivity index (χ3n) is 6.08. The van der Waals surface area contributed by atoms with E-state index < -0.39 is 0 Å². The summed E-state index contributed by atoms with van der Waals surface area (Å²) in [7, 11) is 3.61. The van der Waals surface area contributed by atoms with Crippen molar-refractivity contribution in [3.63, 3.8) is 0 Å². The van der Waals surface area contributed by atoms with Crippen molar-refractivity contribution < 1.29 is 9.26 Å². The number of ether oxygens (including phenoxy) is 1. The van der Waals surface area contributed by atoms with Crippen LogP contribution in [0.3, 0.4) is 0 Å². The van der Waals surface area contributed by atoms with E-state index in [4.69, 9.17) is 24.3 Å². The van der Waals surface area contributed by atoms with Crippen LogP contribution in [0.4, 0.5) is 11.6 Å². The molecule has 0 amide bonds. The average molecular weight is 475 g/mol. The van der Waals surface area contributed by atoms with Gasteiger partial charge in [0.15, 0.2) is 0 Å². The van der Waals surface area contributed by atoms with E-state index in [1.54, 1.807) is 7.11 Å². The molecular formula is C25H30N8O2. The quantitative estimate of drug-likeness (QED) is 0.382. The molecule has 0 radical (unpaired) electrons. The predicted molar refractivity (Wildman–Crippen MR) is 135 cm³/mol. The highest BCUT2D eigenvalue weighted by atomic mass is 16.5. The molecule has 0 spiro atoms. The highest BCUT2D eigenvalue weighted by molar-refractivity contribution is 6.11. The molecule has 0 atom stereocenters. The van der Waals surface area contributed by atoms with Crippen LogP contribution in [-0.2, 0) is 5.54 Å². The number of H-pyrrole nitrogens is 1. The topological polar surface area (TPSA) is 111 Å². The maximum absolute atomic E-state index is 5.72. The Morgan fingerprint density at radius 1 is 1.06 bits per heavy atom. The molecule has 0 saturated carbocycles. The summed E-state index contributed by atoms with van der Waals surface area (Å²) in [6.45, 7) is 14.1. The molecule has 0 saturated heterocycles. The molecule has 10 heteroatoms. The number of hydrogen-bond acceptors (Lipinski definition) is 8. The van der Waals surface area contributed by atoms with Crippen molar-refractivity contribution >= 4 is 33.7 Å². The summed E-state index contributed by atoms with van der Waals surface area (Å²) < 4.78 is 13.1. The molecule has 35 heavy (non-hydrogen) atoms. The van der Waals surface area contributed by atoms with Crippen molar-refractivity contribution in [3.05, 3.63) is 35.1 Å². The Hall–Kier alpha value is -3.95. The number of nitrogens with zero attached hydrogens (tertiary/aromatic N) is 7. The summed E-state index contributed by atoms with van der Waals surface area (Å²) >= 11 is 0. The van der Waals surface area contributed by atoms with Gasteiger partial charge in [-0.3, -0.25) is 0 Å². The Morgan fingerprint density at radius 2 is 1.80 bits per heavy atom. The van der Waals surface area contributed by atoms with Crippen molar-refractivity contribution in [1.82, 2.24) is 34.9 Å². The second-order valence-electron chi connectivity index (χ2n) is 9.87. The zero-order chi connectivity index (χ0) is 25.2. The van der Waals surface area contributed by atoms with Gasteiger partial charge in [-0.2, -0.15) is 5.10 Å². The average Bonchev–Trinajstić information content (AvgIpc) is 3.45. The Labute approximate surface area is 203 Å². The summed E-state index contributed by atoms with van der Waals surface area (Å²) in [5, 5.41) is 9.65. The third kappa shape index (κ3) is 3.60. The Bertz CT molecular complexity index is 1570. The zero-order valence-electron chi connectivity index (χ0n) is 21.6. The van der Waals surface area contributed by atoms with E-state index in [0.29, 0.717) is 23.1 Å². The normalized spacial score (nSPS) is 12.1. The Balaban J connectivity index is 1.79. The first kappa shape index (κ1) is 22.8. The van der Waals surface area contributed by atoms with Crippen LogP contribution in [0.1, 0.15) is 43.7 Å². The minimum Gasteiger partial charge on any atom is -0.481 e. The first-order valence-electron chi connectivity index (χ1n) is 11.5. The van der Waals surface area contributed by atoms with Gasteiger partial charge in [0.25, 0.3) is 0 Å². The molecule has 5 heterocycles. The standard InChI is InChI=1S/C25H30N8O2/c1-12-10-18(33(30-12)25(5,6)7)32(8)23-20-21-17(28-22(20)26-15(4)27-23)11-16(24(29-21)34-9)19-13(2)31-35-14(19)3/h10-11H,1-9H3,(H,26,27,28). The molecule has 0 aromatic carbocycles. The Morgan fingerprint density at radius 3 is 2.43 bits per heavy atom. The van der Waals surface area contributed by atoms with Gasteiger partial charge in [0.05, 0.1) is 46.1 Å². The summed E-state index contributed by atoms with van der Waals surface area (Å²) in [6.07, 6.45) is 0. The number of methoxy groups -OCH3 is 1. The van der Waals surface area contributed by atoms with Gasteiger partial charge < -0.3 is 19.1 Å². The van der Waals surface area contributed by atoms with Gasteiger partial charge in [0.1, 0.15) is 34.4 Å². The van der Waals surface area contributed by atoms with Gasteiger partial charge in [-0.25, -0.2) is 19.6 Å². The Kier molecular flexibility index (Phi) is 5.08. The number of aromatic nitrogens is 7. The SMILES string of the molecule is COc1nc2c(cc1-c1c(C)noc1C)[nH]c1nc(C)nc(N(C)c3cc(C)nn3C(C)(C)C)c12. The van der Waals surface area contributed by atoms with Crippen molar-refractivity contribution in [3.8, 4) is 17.0 Å². The molecule has 0 aliphatic carbocycles. The fourth-order valence-electron chi connectivity index (χ4n) is 4.55. The maximum Gasteiger partial charge on any atom is 0.221 e. The number of rotatable bonds is 4. The minimum absolute atomic E-state index is 0.204. The first-order chi connectivity index (χ1) is 16.5.